The van der Waals surface area contributed by atoms with Gasteiger partial charge in [-0.3, -0.25) is 4.79 Å². The molecule has 0 bridgehead atoms. The Kier molecular flexibility index (Phi) is 5.69. The first kappa shape index (κ1) is 16.6. The van der Waals surface area contributed by atoms with Crippen LogP contribution in [0.25, 0.3) is 0 Å². The Labute approximate surface area is 125 Å². The van der Waals surface area contributed by atoms with Crippen LogP contribution in [0.15, 0.2) is 18.2 Å². The van der Waals surface area contributed by atoms with Gasteiger partial charge in [-0.15, -0.1) is 11.6 Å². The number of benzene rings is 1. The molecular formula is C15H22ClNO3. The second kappa shape index (κ2) is 6.84. The van der Waals surface area contributed by atoms with E-state index in [9.17, 15) is 4.79 Å². The fraction of sp³-hybridized carbons (Fsp3) is 0.533. The lowest BCUT2D eigenvalue weighted by atomic mass is 10.0. The third-order valence-corrected chi connectivity index (χ3v) is 4.07. The van der Waals surface area contributed by atoms with Gasteiger partial charge >= 0.3 is 0 Å². The highest BCUT2D eigenvalue weighted by Crippen LogP contribution is 2.28. The van der Waals surface area contributed by atoms with Gasteiger partial charge < -0.3 is 14.4 Å². The molecule has 1 rings (SSSR count). The minimum Gasteiger partial charge on any atom is -0.493 e. The quantitative estimate of drug-likeness (QED) is 0.758. The molecule has 112 valence electrons. The molecule has 0 radical (unpaired) electrons. The summed E-state index contributed by atoms with van der Waals surface area (Å²) in [4.78, 5) is 13.9. The van der Waals surface area contributed by atoms with E-state index in [1.165, 1.54) is 0 Å². The fourth-order valence-electron chi connectivity index (χ4n) is 1.71. The van der Waals surface area contributed by atoms with Crippen LogP contribution in [-0.4, -0.2) is 43.5 Å². The van der Waals surface area contributed by atoms with Crippen molar-refractivity contribution in [1.82, 2.24) is 4.90 Å². The van der Waals surface area contributed by atoms with Crippen molar-refractivity contribution in [2.45, 2.75) is 25.8 Å². The van der Waals surface area contributed by atoms with E-state index in [4.69, 9.17) is 21.1 Å². The van der Waals surface area contributed by atoms with Crippen LogP contribution in [0.5, 0.6) is 11.5 Å². The van der Waals surface area contributed by atoms with E-state index in [1.54, 1.807) is 32.2 Å². The van der Waals surface area contributed by atoms with Crippen molar-refractivity contribution in [2.75, 3.05) is 27.1 Å². The Hall–Kier alpha value is -1.42. The predicted molar refractivity (Wildman–Crippen MR) is 80.8 cm³/mol. The number of rotatable bonds is 6. The van der Waals surface area contributed by atoms with E-state index in [-0.39, 0.29) is 11.4 Å². The van der Waals surface area contributed by atoms with E-state index >= 15 is 0 Å². The van der Waals surface area contributed by atoms with Crippen molar-refractivity contribution >= 4 is 17.5 Å². The second-order valence-corrected chi connectivity index (χ2v) is 5.53. The van der Waals surface area contributed by atoms with Crippen molar-refractivity contribution in [2.24, 2.45) is 0 Å². The van der Waals surface area contributed by atoms with Crippen molar-refractivity contribution < 1.29 is 14.3 Å². The van der Waals surface area contributed by atoms with Crippen LogP contribution in [0.4, 0.5) is 0 Å². The number of hydrogen-bond donors (Lipinski definition) is 0. The molecule has 1 aromatic carbocycles. The molecule has 0 heterocycles. The number of carbonyl (C=O) groups excluding carboxylic acids is 1. The van der Waals surface area contributed by atoms with Crippen LogP contribution in [0, 0.1) is 0 Å². The summed E-state index contributed by atoms with van der Waals surface area (Å²) in [6.07, 6.45) is 0.303. The van der Waals surface area contributed by atoms with Gasteiger partial charge in [0.05, 0.1) is 26.2 Å². The average Bonchev–Trinajstić information content (AvgIpc) is 2.46. The molecule has 1 amide bonds. The fourth-order valence-corrected chi connectivity index (χ4v) is 1.89. The molecule has 5 heteroatoms. The van der Waals surface area contributed by atoms with Gasteiger partial charge in [-0.1, -0.05) is 6.07 Å². The second-order valence-electron chi connectivity index (χ2n) is 5.26. The minimum absolute atomic E-state index is 0.0165. The summed E-state index contributed by atoms with van der Waals surface area (Å²) in [6.45, 7) is 3.87. The predicted octanol–water partition coefficient (Wildman–Crippen LogP) is 2.72. The molecule has 0 fully saturated rings. The number of methoxy groups -OCH3 is 2. The standard InChI is InChI=1S/C15H22ClNO3/c1-15(2,10-16)17(3)14(18)9-11-6-7-12(19-4)13(8-11)20-5/h6-8H,9-10H2,1-5H3. The Morgan fingerprint density at radius 1 is 1.25 bits per heavy atom. The zero-order valence-electron chi connectivity index (χ0n) is 12.7. The monoisotopic (exact) mass is 299 g/mol. The molecule has 0 atom stereocenters. The van der Waals surface area contributed by atoms with Gasteiger partial charge in [0.2, 0.25) is 5.91 Å². The molecule has 0 saturated heterocycles. The normalized spacial score (nSPS) is 11.1. The molecule has 4 nitrogen and oxygen atoms in total. The van der Waals surface area contributed by atoms with E-state index in [2.05, 4.69) is 0 Å². The maximum atomic E-state index is 12.3. The molecule has 0 N–H and O–H groups in total. The summed E-state index contributed by atoms with van der Waals surface area (Å²) in [5, 5.41) is 0. The molecule has 1 aromatic rings. The highest BCUT2D eigenvalue weighted by atomic mass is 35.5. The van der Waals surface area contributed by atoms with E-state index in [0.717, 1.165) is 5.56 Å². The van der Waals surface area contributed by atoms with Crippen LogP contribution < -0.4 is 9.47 Å². The summed E-state index contributed by atoms with van der Waals surface area (Å²) in [5.74, 6) is 1.68. The Bertz CT molecular complexity index is 474. The molecule has 0 saturated carbocycles. The Balaban J connectivity index is 2.86. The first-order chi connectivity index (χ1) is 9.35. The molecular weight excluding hydrogens is 278 g/mol. The largest absolute Gasteiger partial charge is 0.493 e. The smallest absolute Gasteiger partial charge is 0.227 e. The van der Waals surface area contributed by atoms with E-state index < -0.39 is 0 Å². The highest BCUT2D eigenvalue weighted by Gasteiger charge is 2.26. The number of likely N-dealkylation sites (N-methyl/N-ethyl adjacent to an activating group) is 1. The summed E-state index contributed by atoms with van der Waals surface area (Å²) in [7, 11) is 4.93. The summed E-state index contributed by atoms with van der Waals surface area (Å²) in [6, 6.07) is 5.48. The minimum atomic E-state index is -0.366. The molecule has 0 unspecified atom stereocenters. The molecule has 0 aromatic heterocycles. The van der Waals surface area contributed by atoms with Crippen molar-refractivity contribution in [3.05, 3.63) is 23.8 Å². The maximum absolute atomic E-state index is 12.3. The summed E-state index contributed by atoms with van der Waals surface area (Å²) in [5.41, 5.74) is 0.514. The lowest BCUT2D eigenvalue weighted by Crippen LogP contribution is -2.47. The molecule has 20 heavy (non-hydrogen) atoms. The zero-order chi connectivity index (χ0) is 15.3. The third-order valence-electron chi connectivity index (χ3n) is 3.41. The van der Waals surface area contributed by atoms with Gasteiger partial charge in [0.1, 0.15) is 0 Å². The Morgan fingerprint density at radius 3 is 2.35 bits per heavy atom. The lowest BCUT2D eigenvalue weighted by molar-refractivity contribution is -0.133. The van der Waals surface area contributed by atoms with Gasteiger partial charge in [-0.05, 0) is 31.5 Å². The van der Waals surface area contributed by atoms with Crippen molar-refractivity contribution in [1.29, 1.82) is 0 Å². The topological polar surface area (TPSA) is 38.8 Å². The van der Waals surface area contributed by atoms with Gasteiger partial charge in [0.15, 0.2) is 11.5 Å². The molecule has 0 spiro atoms. The number of ether oxygens (including phenoxy) is 2. The SMILES string of the molecule is COc1ccc(CC(=O)N(C)C(C)(C)CCl)cc1OC. The van der Waals surface area contributed by atoms with Crippen LogP contribution in [-0.2, 0) is 11.2 Å². The number of amides is 1. The molecule has 0 aliphatic heterocycles. The number of alkyl halides is 1. The number of carbonyl (C=O) groups is 1. The van der Waals surface area contributed by atoms with Gasteiger partial charge in [0, 0.05) is 12.9 Å². The number of hydrogen-bond acceptors (Lipinski definition) is 3. The van der Waals surface area contributed by atoms with Crippen molar-refractivity contribution in [3.8, 4) is 11.5 Å². The van der Waals surface area contributed by atoms with E-state index in [0.29, 0.717) is 23.8 Å². The molecule has 0 aliphatic carbocycles. The first-order valence-electron chi connectivity index (χ1n) is 6.39. The van der Waals surface area contributed by atoms with Gasteiger partial charge in [-0.25, -0.2) is 0 Å². The summed E-state index contributed by atoms with van der Waals surface area (Å²) >= 11 is 5.89. The van der Waals surface area contributed by atoms with E-state index in [1.807, 2.05) is 26.0 Å². The Morgan fingerprint density at radius 2 is 1.85 bits per heavy atom. The summed E-state index contributed by atoms with van der Waals surface area (Å²) < 4.78 is 10.4. The van der Waals surface area contributed by atoms with Gasteiger partial charge in [0.25, 0.3) is 0 Å². The number of nitrogens with zero attached hydrogens (tertiary/aromatic N) is 1. The van der Waals surface area contributed by atoms with Crippen LogP contribution >= 0.6 is 11.6 Å². The first-order valence-corrected chi connectivity index (χ1v) is 6.92. The average molecular weight is 300 g/mol. The molecule has 0 aliphatic rings. The highest BCUT2D eigenvalue weighted by molar-refractivity contribution is 6.18. The zero-order valence-corrected chi connectivity index (χ0v) is 13.5. The van der Waals surface area contributed by atoms with Crippen LogP contribution in [0.3, 0.4) is 0 Å². The number of halogens is 1. The van der Waals surface area contributed by atoms with Crippen molar-refractivity contribution in [3.63, 3.8) is 0 Å². The lowest BCUT2D eigenvalue weighted by Gasteiger charge is -2.34. The van der Waals surface area contributed by atoms with Gasteiger partial charge in [-0.2, -0.15) is 0 Å². The van der Waals surface area contributed by atoms with Crippen LogP contribution in [0.2, 0.25) is 0 Å². The van der Waals surface area contributed by atoms with Crippen LogP contribution in [0.1, 0.15) is 19.4 Å². The maximum Gasteiger partial charge on any atom is 0.227 e. The third kappa shape index (κ3) is 3.79.